The Balaban J connectivity index is 1.90. The van der Waals surface area contributed by atoms with Crippen molar-refractivity contribution in [2.45, 2.75) is 31.5 Å². The smallest absolute Gasteiger partial charge is 0.378 e. The first kappa shape index (κ1) is 19.8. The molecule has 0 aliphatic carbocycles. The number of para-hydroxylation sites is 1. The molecule has 2 saturated heterocycles. The van der Waals surface area contributed by atoms with Crippen molar-refractivity contribution in [2.24, 2.45) is 0 Å². The molecule has 1 atom stereocenters. The number of piperazine rings is 1. The van der Waals surface area contributed by atoms with Crippen molar-refractivity contribution in [1.29, 1.82) is 0 Å². The van der Waals surface area contributed by atoms with Gasteiger partial charge in [0.2, 0.25) is 5.78 Å². The van der Waals surface area contributed by atoms with E-state index in [0.29, 0.717) is 0 Å². The predicted octanol–water partition coefficient (Wildman–Crippen LogP) is -0.142. The molecule has 1 unspecified atom stereocenters. The summed E-state index contributed by atoms with van der Waals surface area (Å²) in [6, 6.07) is 7.83. The topological polar surface area (TPSA) is 116 Å². The monoisotopic (exact) mass is 389 g/mol. The summed E-state index contributed by atoms with van der Waals surface area (Å²) < 4.78 is 5.54. The molecule has 0 spiro atoms. The standard InChI is InChI=1S/C19H23N3O6/c1-13(23)19(18(26)27,28-15-5-3-2-4-6-15)22-12-11-21(16(24)17(22)25)14-7-9-20-10-8-14/h2-6,14,20H,7-12H2,1H3,(H,26,27). The number of Topliss-reactive ketones (excluding diaryl/α,β-unsaturated/α-hetero) is 1. The fraction of sp³-hybridized carbons (Fsp3) is 0.474. The van der Waals surface area contributed by atoms with E-state index >= 15 is 0 Å². The Hall–Kier alpha value is -2.94. The van der Waals surface area contributed by atoms with E-state index in [4.69, 9.17) is 4.74 Å². The van der Waals surface area contributed by atoms with Gasteiger partial charge in [-0.25, -0.2) is 4.79 Å². The average molecular weight is 389 g/mol. The second-order valence-electron chi connectivity index (χ2n) is 6.86. The molecule has 2 amide bonds. The quantitative estimate of drug-likeness (QED) is 0.514. The zero-order valence-electron chi connectivity index (χ0n) is 15.6. The number of piperidine rings is 1. The van der Waals surface area contributed by atoms with Crippen LogP contribution in [0.15, 0.2) is 30.3 Å². The van der Waals surface area contributed by atoms with Gasteiger partial charge in [0, 0.05) is 26.1 Å². The van der Waals surface area contributed by atoms with Crippen molar-refractivity contribution < 1.29 is 29.0 Å². The van der Waals surface area contributed by atoms with Crippen LogP contribution in [0.3, 0.4) is 0 Å². The number of rotatable bonds is 6. The largest absolute Gasteiger partial charge is 0.476 e. The molecule has 1 aromatic carbocycles. The lowest BCUT2D eigenvalue weighted by molar-refractivity contribution is -0.191. The van der Waals surface area contributed by atoms with E-state index in [-0.39, 0.29) is 24.9 Å². The molecule has 2 N–H and O–H groups in total. The van der Waals surface area contributed by atoms with Crippen LogP contribution in [0.2, 0.25) is 0 Å². The molecule has 3 rings (SSSR count). The number of hydrogen-bond donors (Lipinski definition) is 2. The van der Waals surface area contributed by atoms with Crippen molar-refractivity contribution in [2.75, 3.05) is 26.2 Å². The minimum absolute atomic E-state index is 0.0774. The van der Waals surface area contributed by atoms with E-state index in [1.54, 1.807) is 18.2 Å². The highest BCUT2D eigenvalue weighted by molar-refractivity contribution is 6.36. The predicted molar refractivity (Wildman–Crippen MR) is 97.4 cm³/mol. The van der Waals surface area contributed by atoms with Gasteiger partial charge in [0.15, 0.2) is 0 Å². The second-order valence-corrected chi connectivity index (χ2v) is 6.86. The van der Waals surface area contributed by atoms with Crippen LogP contribution in [0.5, 0.6) is 5.75 Å². The zero-order chi connectivity index (χ0) is 20.3. The van der Waals surface area contributed by atoms with E-state index in [2.05, 4.69) is 5.32 Å². The van der Waals surface area contributed by atoms with Gasteiger partial charge in [0.1, 0.15) is 5.75 Å². The van der Waals surface area contributed by atoms with Gasteiger partial charge in [-0.3, -0.25) is 19.3 Å². The summed E-state index contributed by atoms with van der Waals surface area (Å²) in [4.78, 5) is 52.3. The fourth-order valence-electron chi connectivity index (χ4n) is 3.70. The molecule has 0 radical (unpaired) electrons. The number of carboxylic acid groups (broad SMARTS) is 1. The van der Waals surface area contributed by atoms with E-state index in [1.807, 2.05) is 0 Å². The van der Waals surface area contributed by atoms with Crippen LogP contribution in [0, 0.1) is 0 Å². The van der Waals surface area contributed by atoms with Crippen LogP contribution in [0.4, 0.5) is 0 Å². The number of carbonyl (C=O) groups excluding carboxylic acids is 3. The number of aliphatic carboxylic acids is 1. The molecule has 1 aromatic rings. The highest BCUT2D eigenvalue weighted by atomic mass is 16.6. The normalized spacial score (nSPS) is 20.6. The molecule has 0 saturated carbocycles. The number of ether oxygens (including phenoxy) is 1. The average Bonchev–Trinajstić information content (AvgIpc) is 2.69. The maximum Gasteiger partial charge on any atom is 0.378 e. The molecular weight excluding hydrogens is 366 g/mol. The molecule has 2 aliphatic rings. The SMILES string of the molecule is CC(=O)C(Oc1ccccc1)(C(=O)O)N1CCN(C2CCNCC2)C(=O)C1=O. The number of benzene rings is 1. The molecule has 28 heavy (non-hydrogen) atoms. The summed E-state index contributed by atoms with van der Waals surface area (Å²) >= 11 is 0. The van der Waals surface area contributed by atoms with E-state index in [1.165, 1.54) is 17.0 Å². The third-order valence-electron chi connectivity index (χ3n) is 5.16. The van der Waals surface area contributed by atoms with E-state index in [0.717, 1.165) is 37.8 Å². The van der Waals surface area contributed by atoms with Crippen molar-refractivity contribution in [3.05, 3.63) is 30.3 Å². The Morgan fingerprint density at radius 2 is 1.75 bits per heavy atom. The molecular formula is C19H23N3O6. The summed E-state index contributed by atoms with van der Waals surface area (Å²) in [6.45, 7) is 2.57. The summed E-state index contributed by atoms with van der Waals surface area (Å²) in [6.07, 6.45) is 1.44. The van der Waals surface area contributed by atoms with Crippen LogP contribution >= 0.6 is 0 Å². The minimum atomic E-state index is -2.59. The van der Waals surface area contributed by atoms with Gasteiger partial charge in [0.25, 0.3) is 0 Å². The Morgan fingerprint density at radius 3 is 2.32 bits per heavy atom. The van der Waals surface area contributed by atoms with Crippen molar-refractivity contribution in [3.63, 3.8) is 0 Å². The Kier molecular flexibility index (Phi) is 5.64. The third-order valence-corrected chi connectivity index (χ3v) is 5.16. The lowest BCUT2D eigenvalue weighted by Crippen LogP contribution is -2.71. The summed E-state index contributed by atoms with van der Waals surface area (Å²) in [5, 5.41) is 13.0. The summed E-state index contributed by atoms with van der Waals surface area (Å²) in [7, 11) is 0. The lowest BCUT2D eigenvalue weighted by atomic mass is 10.0. The van der Waals surface area contributed by atoms with Gasteiger partial charge in [-0.1, -0.05) is 18.2 Å². The lowest BCUT2D eigenvalue weighted by Gasteiger charge is -2.44. The highest BCUT2D eigenvalue weighted by Crippen LogP contribution is 2.27. The second kappa shape index (κ2) is 7.97. The number of nitrogens with one attached hydrogen (secondary N) is 1. The first-order valence-electron chi connectivity index (χ1n) is 9.19. The molecule has 2 aliphatic heterocycles. The molecule has 2 heterocycles. The van der Waals surface area contributed by atoms with Gasteiger partial charge in [-0.15, -0.1) is 0 Å². The first-order chi connectivity index (χ1) is 13.4. The minimum Gasteiger partial charge on any atom is -0.476 e. The zero-order valence-corrected chi connectivity index (χ0v) is 15.6. The maximum atomic E-state index is 12.8. The third kappa shape index (κ3) is 3.45. The highest BCUT2D eigenvalue weighted by Gasteiger charge is 2.57. The van der Waals surface area contributed by atoms with Gasteiger partial charge in [-0.2, -0.15) is 0 Å². The Morgan fingerprint density at radius 1 is 1.11 bits per heavy atom. The van der Waals surface area contributed by atoms with Crippen LogP contribution in [0.25, 0.3) is 0 Å². The first-order valence-corrected chi connectivity index (χ1v) is 9.19. The number of ketones is 1. The Labute approximate surface area is 162 Å². The molecule has 2 fully saturated rings. The number of amides is 2. The van der Waals surface area contributed by atoms with Crippen LogP contribution in [-0.4, -0.2) is 76.4 Å². The van der Waals surface area contributed by atoms with Gasteiger partial charge >= 0.3 is 23.5 Å². The van der Waals surface area contributed by atoms with Crippen molar-refractivity contribution >= 4 is 23.6 Å². The number of carbonyl (C=O) groups is 4. The van der Waals surface area contributed by atoms with Crippen molar-refractivity contribution in [3.8, 4) is 5.75 Å². The fourth-order valence-corrected chi connectivity index (χ4v) is 3.70. The Bertz CT molecular complexity index is 761. The molecule has 150 valence electrons. The molecule has 9 heteroatoms. The van der Waals surface area contributed by atoms with Gasteiger partial charge in [0.05, 0.1) is 0 Å². The molecule has 9 nitrogen and oxygen atoms in total. The van der Waals surface area contributed by atoms with E-state index in [9.17, 15) is 24.3 Å². The number of carboxylic acids is 1. The summed E-state index contributed by atoms with van der Waals surface area (Å²) in [5.74, 6) is -4.26. The molecule has 0 bridgehead atoms. The molecule has 0 aromatic heterocycles. The van der Waals surface area contributed by atoms with E-state index < -0.39 is 29.3 Å². The maximum absolute atomic E-state index is 12.8. The summed E-state index contributed by atoms with van der Waals surface area (Å²) in [5.41, 5.74) is -2.59. The van der Waals surface area contributed by atoms with Gasteiger partial charge < -0.3 is 20.1 Å². The van der Waals surface area contributed by atoms with Crippen LogP contribution in [-0.2, 0) is 19.2 Å². The number of hydrogen-bond acceptors (Lipinski definition) is 6. The van der Waals surface area contributed by atoms with Crippen LogP contribution in [0.1, 0.15) is 19.8 Å². The number of nitrogens with zero attached hydrogens (tertiary/aromatic N) is 2. The van der Waals surface area contributed by atoms with Crippen LogP contribution < -0.4 is 10.1 Å². The van der Waals surface area contributed by atoms with Gasteiger partial charge in [-0.05, 0) is 38.1 Å². The van der Waals surface area contributed by atoms with Crippen molar-refractivity contribution in [1.82, 2.24) is 15.1 Å².